The molecule has 1 unspecified atom stereocenters. The third kappa shape index (κ3) is 2.49. The summed E-state index contributed by atoms with van der Waals surface area (Å²) in [5.74, 6) is 0.856. The van der Waals surface area contributed by atoms with E-state index in [4.69, 9.17) is 0 Å². The van der Waals surface area contributed by atoms with Crippen molar-refractivity contribution in [1.29, 1.82) is 0 Å². The van der Waals surface area contributed by atoms with E-state index >= 15 is 0 Å². The molecule has 2 heterocycles. The van der Waals surface area contributed by atoms with Gasteiger partial charge in [-0.3, -0.25) is 0 Å². The maximum absolute atomic E-state index is 4.21. The second-order valence-corrected chi connectivity index (χ2v) is 3.60. The highest BCUT2D eigenvalue weighted by Gasteiger charge is 2.13. The van der Waals surface area contributed by atoms with E-state index in [0.29, 0.717) is 0 Å². The van der Waals surface area contributed by atoms with Crippen molar-refractivity contribution >= 4 is 0 Å². The van der Waals surface area contributed by atoms with Crippen molar-refractivity contribution in [2.45, 2.75) is 19.3 Å². The van der Waals surface area contributed by atoms with E-state index < -0.39 is 0 Å². The van der Waals surface area contributed by atoms with Crippen LogP contribution in [0.3, 0.4) is 0 Å². The van der Waals surface area contributed by atoms with Crippen LogP contribution in [0.2, 0.25) is 0 Å². The number of aryl methyl sites for hydroxylation is 1. The molecule has 0 saturated carbocycles. The van der Waals surface area contributed by atoms with Crippen molar-refractivity contribution in [3.8, 4) is 0 Å². The summed E-state index contributed by atoms with van der Waals surface area (Å²) >= 11 is 0. The van der Waals surface area contributed by atoms with E-state index in [1.807, 2.05) is 12.3 Å². The van der Waals surface area contributed by atoms with Gasteiger partial charge in [-0.2, -0.15) is 0 Å². The predicted molar refractivity (Wildman–Crippen MR) is 51.3 cm³/mol. The summed E-state index contributed by atoms with van der Waals surface area (Å²) in [6, 6.07) is 2.00. The molecule has 1 aromatic rings. The number of nitrogens with one attached hydrogen (secondary N) is 1. The molecule has 1 fully saturated rings. The standard InChI is InChI=1S/C10H15N3/c1(9-3-5-11-7-9)2-10-4-6-12-8-13-10/h4,6,8-9,11H,1-3,5,7H2. The van der Waals surface area contributed by atoms with Crippen molar-refractivity contribution in [3.63, 3.8) is 0 Å². The summed E-state index contributed by atoms with van der Waals surface area (Å²) in [6.45, 7) is 2.37. The highest BCUT2D eigenvalue weighted by Crippen LogP contribution is 2.14. The maximum Gasteiger partial charge on any atom is 0.115 e. The quantitative estimate of drug-likeness (QED) is 0.749. The summed E-state index contributed by atoms with van der Waals surface area (Å²) in [5.41, 5.74) is 1.17. The summed E-state index contributed by atoms with van der Waals surface area (Å²) < 4.78 is 0. The van der Waals surface area contributed by atoms with Crippen molar-refractivity contribution < 1.29 is 0 Å². The van der Waals surface area contributed by atoms with Gasteiger partial charge in [-0.15, -0.1) is 0 Å². The van der Waals surface area contributed by atoms with Crippen molar-refractivity contribution in [3.05, 3.63) is 24.3 Å². The monoisotopic (exact) mass is 177 g/mol. The van der Waals surface area contributed by atoms with E-state index in [0.717, 1.165) is 12.3 Å². The van der Waals surface area contributed by atoms with Crippen LogP contribution < -0.4 is 5.32 Å². The molecule has 0 aliphatic carbocycles. The zero-order valence-electron chi connectivity index (χ0n) is 7.74. The van der Waals surface area contributed by atoms with E-state index in [9.17, 15) is 0 Å². The SMILES string of the molecule is c1cc(CCC2CCNC2)ncn1. The predicted octanol–water partition coefficient (Wildman–Crippen LogP) is 1.02. The Morgan fingerprint density at radius 2 is 2.54 bits per heavy atom. The lowest BCUT2D eigenvalue weighted by Gasteiger charge is -2.06. The smallest absolute Gasteiger partial charge is 0.115 e. The van der Waals surface area contributed by atoms with Crippen LogP contribution >= 0.6 is 0 Å². The molecular formula is C10H15N3. The maximum atomic E-state index is 4.21. The molecule has 3 nitrogen and oxygen atoms in total. The van der Waals surface area contributed by atoms with Crippen LogP contribution in [0.5, 0.6) is 0 Å². The molecular weight excluding hydrogens is 162 g/mol. The van der Waals surface area contributed by atoms with Crippen LogP contribution in [0, 0.1) is 5.92 Å². The van der Waals surface area contributed by atoms with Crippen LogP contribution in [0.4, 0.5) is 0 Å². The number of nitrogens with zero attached hydrogens (tertiary/aromatic N) is 2. The molecule has 13 heavy (non-hydrogen) atoms. The van der Waals surface area contributed by atoms with Gasteiger partial charge in [0.05, 0.1) is 0 Å². The van der Waals surface area contributed by atoms with Crippen molar-refractivity contribution in [2.75, 3.05) is 13.1 Å². The van der Waals surface area contributed by atoms with Gasteiger partial charge in [0, 0.05) is 11.9 Å². The molecule has 0 aromatic carbocycles. The minimum atomic E-state index is 0.856. The summed E-state index contributed by atoms with van der Waals surface area (Å²) in [4.78, 5) is 8.11. The topological polar surface area (TPSA) is 37.8 Å². The van der Waals surface area contributed by atoms with Crippen molar-refractivity contribution in [1.82, 2.24) is 15.3 Å². The first-order valence-electron chi connectivity index (χ1n) is 4.91. The lowest BCUT2D eigenvalue weighted by atomic mass is 10.0. The van der Waals surface area contributed by atoms with Gasteiger partial charge < -0.3 is 5.32 Å². The molecule has 0 bridgehead atoms. The number of rotatable bonds is 3. The molecule has 0 amide bonds. The van der Waals surface area contributed by atoms with Gasteiger partial charge in [-0.1, -0.05) is 0 Å². The Hall–Kier alpha value is -0.960. The number of hydrogen-bond donors (Lipinski definition) is 1. The molecule has 1 atom stereocenters. The van der Waals surface area contributed by atoms with E-state index in [1.165, 1.54) is 31.6 Å². The highest BCUT2D eigenvalue weighted by molar-refractivity contribution is 4.98. The fourth-order valence-electron chi connectivity index (χ4n) is 1.78. The zero-order valence-corrected chi connectivity index (χ0v) is 7.74. The van der Waals surface area contributed by atoms with Gasteiger partial charge in [0.15, 0.2) is 0 Å². The summed E-state index contributed by atoms with van der Waals surface area (Å²) in [6.07, 6.45) is 7.11. The molecule has 1 aliphatic heterocycles. The molecule has 70 valence electrons. The van der Waals surface area contributed by atoms with E-state index in [-0.39, 0.29) is 0 Å². The van der Waals surface area contributed by atoms with Gasteiger partial charge in [-0.25, -0.2) is 9.97 Å². The molecule has 1 aromatic heterocycles. The first-order valence-corrected chi connectivity index (χ1v) is 4.91. The van der Waals surface area contributed by atoms with E-state index in [2.05, 4.69) is 15.3 Å². The largest absolute Gasteiger partial charge is 0.316 e. The second-order valence-electron chi connectivity index (χ2n) is 3.60. The van der Waals surface area contributed by atoms with Gasteiger partial charge in [0.25, 0.3) is 0 Å². The Balaban J connectivity index is 1.79. The highest BCUT2D eigenvalue weighted by atomic mass is 14.9. The zero-order chi connectivity index (χ0) is 8.93. The average molecular weight is 177 g/mol. The lowest BCUT2D eigenvalue weighted by Crippen LogP contribution is -2.09. The Morgan fingerprint density at radius 3 is 3.23 bits per heavy atom. The van der Waals surface area contributed by atoms with Crippen LogP contribution in [0.15, 0.2) is 18.6 Å². The Labute approximate surface area is 78.6 Å². The van der Waals surface area contributed by atoms with Crippen molar-refractivity contribution in [2.24, 2.45) is 5.92 Å². The van der Waals surface area contributed by atoms with Crippen LogP contribution in [0.25, 0.3) is 0 Å². The first kappa shape index (κ1) is 8.63. The Bertz CT molecular complexity index is 242. The second kappa shape index (κ2) is 4.33. The van der Waals surface area contributed by atoms with Gasteiger partial charge in [0.2, 0.25) is 0 Å². The van der Waals surface area contributed by atoms with Crippen LogP contribution in [-0.4, -0.2) is 23.1 Å². The third-order valence-electron chi connectivity index (χ3n) is 2.61. The summed E-state index contributed by atoms with van der Waals surface area (Å²) in [5, 5.41) is 3.38. The fraction of sp³-hybridized carbons (Fsp3) is 0.600. The molecule has 1 saturated heterocycles. The molecule has 2 rings (SSSR count). The molecule has 0 radical (unpaired) electrons. The molecule has 0 spiro atoms. The number of aromatic nitrogens is 2. The Morgan fingerprint density at radius 1 is 1.54 bits per heavy atom. The first-order chi connectivity index (χ1) is 6.45. The van der Waals surface area contributed by atoms with Gasteiger partial charge in [-0.05, 0) is 44.3 Å². The normalized spacial score (nSPS) is 22.0. The lowest BCUT2D eigenvalue weighted by molar-refractivity contribution is 0.529. The van der Waals surface area contributed by atoms with Gasteiger partial charge in [0.1, 0.15) is 6.33 Å². The van der Waals surface area contributed by atoms with Gasteiger partial charge >= 0.3 is 0 Å². The molecule has 3 heteroatoms. The van der Waals surface area contributed by atoms with E-state index in [1.54, 1.807) is 6.33 Å². The fourth-order valence-corrected chi connectivity index (χ4v) is 1.78. The van der Waals surface area contributed by atoms with Crippen LogP contribution in [0.1, 0.15) is 18.5 Å². The molecule has 1 N–H and O–H groups in total. The molecule has 1 aliphatic rings. The minimum Gasteiger partial charge on any atom is -0.316 e. The average Bonchev–Trinajstić information content (AvgIpc) is 2.69. The third-order valence-corrected chi connectivity index (χ3v) is 2.61. The Kier molecular flexibility index (Phi) is 2.87. The number of hydrogen-bond acceptors (Lipinski definition) is 3. The minimum absolute atomic E-state index is 0.856. The van der Waals surface area contributed by atoms with Crippen LogP contribution in [-0.2, 0) is 6.42 Å². The summed E-state index contributed by atoms with van der Waals surface area (Å²) in [7, 11) is 0.